The van der Waals surface area contributed by atoms with Crippen molar-refractivity contribution in [2.75, 3.05) is 33.3 Å². The van der Waals surface area contributed by atoms with E-state index in [1.807, 2.05) is 14.0 Å². The third-order valence-corrected chi connectivity index (χ3v) is 6.42. The van der Waals surface area contributed by atoms with Crippen LogP contribution in [0.1, 0.15) is 19.8 Å². The van der Waals surface area contributed by atoms with Crippen LogP contribution >= 0.6 is 15.9 Å². The fourth-order valence-electron chi connectivity index (χ4n) is 2.71. The van der Waals surface area contributed by atoms with Crippen LogP contribution in [0.2, 0.25) is 0 Å². The molecule has 0 spiro atoms. The lowest BCUT2D eigenvalue weighted by molar-refractivity contribution is 0.270. The second kappa shape index (κ2) is 7.77. The van der Waals surface area contributed by atoms with Crippen LogP contribution in [0.15, 0.2) is 27.6 Å². The van der Waals surface area contributed by atoms with Crippen LogP contribution in [0, 0.1) is 5.92 Å². The van der Waals surface area contributed by atoms with Gasteiger partial charge in [0.2, 0.25) is 10.0 Å². The molecule has 1 aliphatic heterocycles. The molecule has 0 aliphatic carbocycles. The van der Waals surface area contributed by atoms with Gasteiger partial charge in [-0.2, -0.15) is 4.31 Å². The lowest BCUT2D eigenvalue weighted by atomic mass is 9.98. The average molecular weight is 391 g/mol. The first kappa shape index (κ1) is 17.7. The summed E-state index contributed by atoms with van der Waals surface area (Å²) in [6.07, 6.45) is 1.80. The standard InChI is InChI=1S/C15H23BrN2O3S/c1-3-21-15-5-4-13(10-14(15)16)22(19,20)18-8-6-12(7-9-18)11-17-2/h4-5,10,12,17H,3,6-9,11H2,1-2H3. The lowest BCUT2D eigenvalue weighted by Gasteiger charge is -2.31. The minimum absolute atomic E-state index is 0.315. The van der Waals surface area contributed by atoms with E-state index in [4.69, 9.17) is 4.74 Å². The Labute approximate surface area is 141 Å². The summed E-state index contributed by atoms with van der Waals surface area (Å²) in [6, 6.07) is 4.94. The molecule has 1 heterocycles. The van der Waals surface area contributed by atoms with E-state index in [9.17, 15) is 8.42 Å². The van der Waals surface area contributed by atoms with Crippen molar-refractivity contribution in [2.24, 2.45) is 5.92 Å². The Morgan fingerprint density at radius 3 is 2.59 bits per heavy atom. The second-order valence-electron chi connectivity index (χ2n) is 5.43. The van der Waals surface area contributed by atoms with Gasteiger partial charge in [-0.1, -0.05) is 0 Å². The number of piperidine rings is 1. The van der Waals surface area contributed by atoms with Gasteiger partial charge >= 0.3 is 0 Å². The van der Waals surface area contributed by atoms with Crippen LogP contribution in [0.5, 0.6) is 5.75 Å². The summed E-state index contributed by atoms with van der Waals surface area (Å²) < 4.78 is 33.1. The first-order chi connectivity index (χ1) is 10.5. The summed E-state index contributed by atoms with van der Waals surface area (Å²) in [4.78, 5) is 0.315. The SMILES string of the molecule is CCOc1ccc(S(=O)(=O)N2CCC(CNC)CC2)cc1Br. The van der Waals surface area contributed by atoms with Gasteiger partial charge in [0.1, 0.15) is 5.75 Å². The zero-order chi connectivity index (χ0) is 16.2. The molecule has 1 aromatic carbocycles. The molecule has 1 aromatic rings. The van der Waals surface area contributed by atoms with Gasteiger partial charge in [-0.3, -0.25) is 0 Å². The molecule has 0 saturated carbocycles. The number of sulfonamides is 1. The number of hydrogen-bond acceptors (Lipinski definition) is 4. The largest absolute Gasteiger partial charge is 0.493 e. The minimum Gasteiger partial charge on any atom is -0.493 e. The molecule has 0 unspecified atom stereocenters. The summed E-state index contributed by atoms with van der Waals surface area (Å²) >= 11 is 3.38. The Bertz CT molecular complexity index is 599. The Balaban J connectivity index is 2.12. The molecule has 1 saturated heterocycles. The molecule has 0 radical (unpaired) electrons. The minimum atomic E-state index is -3.43. The Morgan fingerprint density at radius 1 is 1.36 bits per heavy atom. The summed E-state index contributed by atoms with van der Waals surface area (Å²) in [5.41, 5.74) is 0. The van der Waals surface area contributed by atoms with Gasteiger partial charge in [-0.25, -0.2) is 8.42 Å². The number of hydrogen-bond donors (Lipinski definition) is 1. The predicted octanol–water partition coefficient (Wildman–Crippen LogP) is 2.47. The normalized spacial score (nSPS) is 17.6. The monoisotopic (exact) mass is 390 g/mol. The molecule has 2 rings (SSSR count). The van der Waals surface area contributed by atoms with Gasteiger partial charge in [-0.05, 0) is 73.4 Å². The molecule has 124 valence electrons. The predicted molar refractivity (Wildman–Crippen MR) is 90.7 cm³/mol. The highest BCUT2D eigenvalue weighted by Gasteiger charge is 2.29. The quantitative estimate of drug-likeness (QED) is 0.810. The number of benzene rings is 1. The highest BCUT2D eigenvalue weighted by Crippen LogP contribution is 2.30. The summed E-state index contributed by atoms with van der Waals surface area (Å²) in [6.45, 7) is 4.55. The maximum absolute atomic E-state index is 12.7. The van der Waals surface area contributed by atoms with Gasteiger partial charge < -0.3 is 10.1 Å². The number of halogens is 1. The van der Waals surface area contributed by atoms with Gasteiger partial charge in [0, 0.05) is 13.1 Å². The van der Waals surface area contributed by atoms with Crippen molar-refractivity contribution in [1.29, 1.82) is 0 Å². The van der Waals surface area contributed by atoms with Crippen molar-refractivity contribution in [3.63, 3.8) is 0 Å². The van der Waals surface area contributed by atoms with Crippen molar-refractivity contribution >= 4 is 26.0 Å². The van der Waals surface area contributed by atoms with E-state index in [2.05, 4.69) is 21.2 Å². The van der Waals surface area contributed by atoms with E-state index >= 15 is 0 Å². The second-order valence-corrected chi connectivity index (χ2v) is 8.22. The Hall–Kier alpha value is -0.630. The topological polar surface area (TPSA) is 58.6 Å². The molecule has 22 heavy (non-hydrogen) atoms. The molecule has 1 aliphatic rings. The molecule has 0 amide bonds. The maximum atomic E-state index is 12.7. The first-order valence-electron chi connectivity index (χ1n) is 7.56. The van der Waals surface area contributed by atoms with E-state index in [-0.39, 0.29) is 0 Å². The summed E-state index contributed by atoms with van der Waals surface area (Å²) in [7, 11) is -1.50. The highest BCUT2D eigenvalue weighted by atomic mass is 79.9. The first-order valence-corrected chi connectivity index (χ1v) is 9.79. The van der Waals surface area contributed by atoms with Crippen molar-refractivity contribution in [2.45, 2.75) is 24.7 Å². The molecule has 0 aromatic heterocycles. The van der Waals surface area contributed by atoms with E-state index < -0.39 is 10.0 Å². The van der Waals surface area contributed by atoms with Crippen molar-refractivity contribution in [3.05, 3.63) is 22.7 Å². The van der Waals surface area contributed by atoms with Crippen LogP contribution in [0.3, 0.4) is 0 Å². The molecule has 7 heteroatoms. The van der Waals surface area contributed by atoms with Gasteiger partial charge in [-0.15, -0.1) is 0 Å². The molecule has 5 nitrogen and oxygen atoms in total. The molecule has 1 N–H and O–H groups in total. The van der Waals surface area contributed by atoms with E-state index in [0.717, 1.165) is 19.4 Å². The van der Waals surface area contributed by atoms with Gasteiger partial charge in [0.15, 0.2) is 0 Å². The maximum Gasteiger partial charge on any atom is 0.243 e. The third-order valence-electron chi connectivity index (χ3n) is 3.91. The molecule has 0 atom stereocenters. The molecular formula is C15H23BrN2O3S. The number of nitrogens with zero attached hydrogens (tertiary/aromatic N) is 1. The fourth-order valence-corrected chi connectivity index (χ4v) is 4.85. The van der Waals surface area contributed by atoms with Crippen LogP contribution in [-0.4, -0.2) is 46.0 Å². The molecule has 0 bridgehead atoms. The number of ether oxygens (including phenoxy) is 1. The lowest BCUT2D eigenvalue weighted by Crippen LogP contribution is -2.40. The van der Waals surface area contributed by atoms with Crippen LogP contribution in [0.25, 0.3) is 0 Å². The third kappa shape index (κ3) is 4.01. The van der Waals surface area contributed by atoms with Gasteiger partial charge in [0.05, 0.1) is 16.0 Å². The molecule has 1 fully saturated rings. The summed E-state index contributed by atoms with van der Waals surface area (Å²) in [5.74, 6) is 1.22. The zero-order valence-corrected chi connectivity index (χ0v) is 15.4. The van der Waals surface area contributed by atoms with E-state index in [1.54, 1.807) is 22.5 Å². The van der Waals surface area contributed by atoms with Crippen LogP contribution in [0.4, 0.5) is 0 Å². The van der Waals surface area contributed by atoms with Gasteiger partial charge in [0.25, 0.3) is 0 Å². The number of nitrogens with one attached hydrogen (secondary N) is 1. The Kier molecular flexibility index (Phi) is 6.26. The Morgan fingerprint density at radius 2 is 2.05 bits per heavy atom. The summed E-state index contributed by atoms with van der Waals surface area (Å²) in [5, 5.41) is 3.16. The zero-order valence-electron chi connectivity index (χ0n) is 13.0. The van der Waals surface area contributed by atoms with Crippen molar-refractivity contribution in [1.82, 2.24) is 9.62 Å². The number of rotatable bonds is 6. The molecular weight excluding hydrogens is 368 g/mol. The van der Waals surface area contributed by atoms with E-state index in [0.29, 0.717) is 40.7 Å². The van der Waals surface area contributed by atoms with Crippen LogP contribution < -0.4 is 10.1 Å². The van der Waals surface area contributed by atoms with Crippen LogP contribution in [-0.2, 0) is 10.0 Å². The van der Waals surface area contributed by atoms with Crippen molar-refractivity contribution in [3.8, 4) is 5.75 Å². The van der Waals surface area contributed by atoms with Crippen molar-refractivity contribution < 1.29 is 13.2 Å². The highest BCUT2D eigenvalue weighted by molar-refractivity contribution is 9.10. The smallest absolute Gasteiger partial charge is 0.243 e. The average Bonchev–Trinajstić information content (AvgIpc) is 2.50. The fraction of sp³-hybridized carbons (Fsp3) is 0.600. The van der Waals surface area contributed by atoms with E-state index in [1.165, 1.54) is 0 Å².